The summed E-state index contributed by atoms with van der Waals surface area (Å²) in [5.41, 5.74) is 2.84. The number of thiophene rings is 1. The van der Waals surface area contributed by atoms with Crippen LogP contribution in [0.15, 0.2) is 76.0 Å². The number of hydrogen-bond donors (Lipinski definition) is 1. The normalized spacial score (nSPS) is 11.1. The molecule has 0 unspecified atom stereocenters. The molecular formula is C25H24ClN3O2S2. The third-order valence-corrected chi connectivity index (χ3v) is 7.50. The summed E-state index contributed by atoms with van der Waals surface area (Å²) in [6.45, 7) is 1.04. The second-order valence-corrected chi connectivity index (χ2v) is 9.82. The molecule has 33 heavy (non-hydrogen) atoms. The number of halogens is 1. The molecular weight excluding hydrogens is 474 g/mol. The molecule has 1 amide bonds. The number of benzene rings is 2. The van der Waals surface area contributed by atoms with E-state index < -0.39 is 0 Å². The van der Waals surface area contributed by atoms with Gasteiger partial charge in [0.25, 0.3) is 5.56 Å². The van der Waals surface area contributed by atoms with Crippen LogP contribution >= 0.6 is 34.7 Å². The number of rotatable bonds is 10. The Labute approximate surface area is 205 Å². The second kappa shape index (κ2) is 11.5. The molecule has 170 valence electrons. The predicted octanol–water partition coefficient (Wildman–Crippen LogP) is 5.54. The van der Waals surface area contributed by atoms with Crippen LogP contribution in [-0.2, 0) is 23.5 Å². The first-order valence-electron chi connectivity index (χ1n) is 10.8. The summed E-state index contributed by atoms with van der Waals surface area (Å²) in [4.78, 5) is 30.1. The molecule has 4 rings (SSSR count). The number of thioether (sulfide) groups is 1. The number of hydrogen-bond acceptors (Lipinski definition) is 5. The molecule has 0 fully saturated rings. The summed E-state index contributed by atoms with van der Waals surface area (Å²) in [7, 11) is 0. The van der Waals surface area contributed by atoms with Crippen molar-refractivity contribution in [1.29, 1.82) is 0 Å². The van der Waals surface area contributed by atoms with Crippen molar-refractivity contribution in [2.24, 2.45) is 0 Å². The first-order chi connectivity index (χ1) is 16.1. The Balaban J connectivity index is 1.38. The molecule has 8 heteroatoms. The first kappa shape index (κ1) is 23.5. The van der Waals surface area contributed by atoms with E-state index in [-0.39, 0.29) is 11.5 Å². The molecule has 0 aliphatic carbocycles. The van der Waals surface area contributed by atoms with Gasteiger partial charge in [-0.05, 0) is 41.5 Å². The lowest BCUT2D eigenvalue weighted by molar-refractivity contribution is -0.121. The fraction of sp³-hybridized carbons (Fsp3) is 0.240. The molecule has 0 radical (unpaired) electrons. The highest BCUT2D eigenvalue weighted by Gasteiger charge is 2.14. The first-order valence-corrected chi connectivity index (χ1v) is 13.0. The maximum atomic E-state index is 13.1. The summed E-state index contributed by atoms with van der Waals surface area (Å²) in [5, 5.41) is 6.19. The molecule has 0 bridgehead atoms. The number of nitrogens with zero attached hydrogens (tertiary/aromatic N) is 2. The van der Waals surface area contributed by atoms with Gasteiger partial charge in [-0.1, -0.05) is 71.9 Å². The minimum Gasteiger partial charge on any atom is -0.356 e. The van der Waals surface area contributed by atoms with Gasteiger partial charge in [0.2, 0.25) is 5.91 Å². The van der Waals surface area contributed by atoms with Gasteiger partial charge in [0, 0.05) is 30.3 Å². The topological polar surface area (TPSA) is 64.0 Å². The highest BCUT2D eigenvalue weighted by Crippen LogP contribution is 2.27. The Morgan fingerprint density at radius 2 is 1.88 bits per heavy atom. The third kappa shape index (κ3) is 6.25. The van der Waals surface area contributed by atoms with Gasteiger partial charge in [-0.3, -0.25) is 14.2 Å². The zero-order chi connectivity index (χ0) is 23.0. The van der Waals surface area contributed by atoms with E-state index in [1.807, 2.05) is 66.0 Å². The van der Waals surface area contributed by atoms with Crippen molar-refractivity contribution in [3.05, 3.63) is 92.5 Å². The van der Waals surface area contributed by atoms with E-state index in [1.165, 1.54) is 28.7 Å². The summed E-state index contributed by atoms with van der Waals surface area (Å²) < 4.78 is 2.34. The van der Waals surface area contributed by atoms with Gasteiger partial charge < -0.3 is 5.32 Å². The van der Waals surface area contributed by atoms with Crippen LogP contribution in [-0.4, -0.2) is 22.0 Å². The molecule has 2 aromatic heterocycles. The van der Waals surface area contributed by atoms with E-state index in [0.29, 0.717) is 52.1 Å². The van der Waals surface area contributed by atoms with Crippen molar-refractivity contribution in [1.82, 2.24) is 14.9 Å². The Bertz CT molecular complexity index is 1290. The van der Waals surface area contributed by atoms with Crippen LogP contribution in [0.3, 0.4) is 0 Å². The van der Waals surface area contributed by atoms with E-state index in [2.05, 4.69) is 5.32 Å². The van der Waals surface area contributed by atoms with Gasteiger partial charge in [0.15, 0.2) is 5.16 Å². The minimum absolute atomic E-state index is 0.00517. The number of carbonyl (C=O) groups excluding carboxylic acids is 1. The molecule has 0 saturated carbocycles. The molecule has 0 spiro atoms. The van der Waals surface area contributed by atoms with Crippen LogP contribution in [0.1, 0.15) is 24.0 Å². The van der Waals surface area contributed by atoms with E-state index in [0.717, 1.165) is 12.0 Å². The van der Waals surface area contributed by atoms with Gasteiger partial charge in [0.05, 0.1) is 5.52 Å². The van der Waals surface area contributed by atoms with Crippen LogP contribution in [0.2, 0.25) is 5.02 Å². The smallest absolute Gasteiger partial charge is 0.272 e. The average molecular weight is 498 g/mol. The van der Waals surface area contributed by atoms with Crippen molar-refractivity contribution in [3.8, 4) is 0 Å². The van der Waals surface area contributed by atoms with Crippen molar-refractivity contribution in [2.75, 3.05) is 6.54 Å². The number of amides is 1. The molecule has 2 aromatic carbocycles. The quantitative estimate of drug-likeness (QED) is 0.231. The van der Waals surface area contributed by atoms with Gasteiger partial charge in [0.1, 0.15) is 4.70 Å². The van der Waals surface area contributed by atoms with Crippen molar-refractivity contribution in [3.63, 3.8) is 0 Å². The Morgan fingerprint density at radius 3 is 2.70 bits per heavy atom. The average Bonchev–Trinajstić information content (AvgIpc) is 3.30. The molecule has 2 heterocycles. The molecule has 0 saturated heterocycles. The van der Waals surface area contributed by atoms with E-state index in [4.69, 9.17) is 16.6 Å². The number of nitrogens with one attached hydrogen (secondary N) is 1. The van der Waals surface area contributed by atoms with Crippen molar-refractivity contribution < 1.29 is 4.79 Å². The van der Waals surface area contributed by atoms with E-state index in [9.17, 15) is 9.59 Å². The Hall–Kier alpha value is -2.61. The lowest BCUT2D eigenvalue weighted by atomic mass is 10.1. The fourth-order valence-corrected chi connectivity index (χ4v) is 5.56. The van der Waals surface area contributed by atoms with Gasteiger partial charge in [-0.25, -0.2) is 4.98 Å². The van der Waals surface area contributed by atoms with Gasteiger partial charge in [-0.15, -0.1) is 11.3 Å². The molecule has 0 atom stereocenters. The highest BCUT2D eigenvalue weighted by atomic mass is 35.5. The number of fused-ring (bicyclic) bond motifs is 1. The predicted molar refractivity (Wildman–Crippen MR) is 137 cm³/mol. The van der Waals surface area contributed by atoms with Gasteiger partial charge >= 0.3 is 0 Å². The molecule has 0 aliphatic heterocycles. The fourth-order valence-electron chi connectivity index (χ4n) is 3.47. The summed E-state index contributed by atoms with van der Waals surface area (Å²) in [5.74, 6) is 0.608. The number of carbonyl (C=O) groups is 1. The summed E-state index contributed by atoms with van der Waals surface area (Å²) in [6, 6.07) is 19.6. The highest BCUT2D eigenvalue weighted by molar-refractivity contribution is 7.98. The number of aromatic nitrogens is 2. The Kier molecular flexibility index (Phi) is 8.20. The van der Waals surface area contributed by atoms with E-state index in [1.54, 1.807) is 4.57 Å². The zero-order valence-corrected chi connectivity index (χ0v) is 20.4. The Morgan fingerprint density at radius 1 is 1.09 bits per heavy atom. The maximum absolute atomic E-state index is 13.1. The molecule has 4 aromatic rings. The summed E-state index contributed by atoms with van der Waals surface area (Å²) in [6.07, 6.45) is 1.72. The second-order valence-electron chi connectivity index (χ2n) is 7.56. The summed E-state index contributed by atoms with van der Waals surface area (Å²) >= 11 is 9.18. The van der Waals surface area contributed by atoms with Gasteiger partial charge in [-0.2, -0.15) is 0 Å². The lowest BCUT2D eigenvalue weighted by Crippen LogP contribution is -2.27. The standard InChI is InChI=1S/C25H24ClN3O2S2/c26-20-10-5-4-9-19(20)17-33-25-28-21-13-16-32-23(21)24(31)29(25)15-6-11-22(30)27-14-12-18-7-2-1-3-8-18/h1-5,7-10,13,16H,6,11-12,14-15,17H2,(H,27,30). The van der Waals surface area contributed by atoms with Crippen LogP contribution in [0.4, 0.5) is 0 Å². The largest absolute Gasteiger partial charge is 0.356 e. The van der Waals surface area contributed by atoms with Crippen LogP contribution in [0.5, 0.6) is 0 Å². The molecule has 1 N–H and O–H groups in total. The third-order valence-electron chi connectivity index (χ3n) is 5.21. The molecule has 0 aliphatic rings. The minimum atomic E-state index is -0.0545. The maximum Gasteiger partial charge on any atom is 0.272 e. The van der Waals surface area contributed by atoms with Crippen LogP contribution in [0, 0.1) is 0 Å². The molecule has 5 nitrogen and oxygen atoms in total. The SMILES string of the molecule is O=C(CCCn1c(SCc2ccccc2Cl)nc2ccsc2c1=O)NCCc1ccccc1. The lowest BCUT2D eigenvalue weighted by Gasteiger charge is -2.12. The zero-order valence-electron chi connectivity index (χ0n) is 18.0. The van der Waals surface area contributed by atoms with E-state index >= 15 is 0 Å². The van der Waals surface area contributed by atoms with Crippen LogP contribution in [0.25, 0.3) is 10.2 Å². The monoisotopic (exact) mass is 497 g/mol. The van der Waals surface area contributed by atoms with Crippen molar-refractivity contribution in [2.45, 2.75) is 36.7 Å². The van der Waals surface area contributed by atoms with Crippen molar-refractivity contribution >= 4 is 50.8 Å². The van der Waals surface area contributed by atoms with Crippen LogP contribution < -0.4 is 10.9 Å².